The maximum Gasteiger partial charge on any atom is 0.407 e. The number of carbonyl (C=O) groups excluding carboxylic acids is 1. The largest absolute Gasteiger partial charge is 0.489 e. The third kappa shape index (κ3) is 13.0. The van der Waals surface area contributed by atoms with E-state index in [4.69, 9.17) is 19.9 Å². The van der Waals surface area contributed by atoms with Crippen molar-refractivity contribution in [3.63, 3.8) is 0 Å². The number of nitrogens with two attached hydrogens (primary N) is 1. The number of ether oxygens (including phenoxy) is 3. The molecule has 0 saturated heterocycles. The minimum atomic E-state index is -0.475. The van der Waals surface area contributed by atoms with Crippen molar-refractivity contribution in [1.29, 1.82) is 0 Å². The van der Waals surface area contributed by atoms with E-state index in [1.165, 1.54) is 5.56 Å². The lowest BCUT2D eigenvalue weighted by Gasteiger charge is -2.19. The number of pyridine rings is 2. The Kier molecular flexibility index (Phi) is 12.6. The highest BCUT2D eigenvalue weighted by Gasteiger charge is 2.15. The van der Waals surface area contributed by atoms with Crippen LogP contribution in [0, 0.1) is 0 Å². The first-order valence-electron chi connectivity index (χ1n) is 13.7. The van der Waals surface area contributed by atoms with E-state index in [0.29, 0.717) is 26.3 Å². The summed E-state index contributed by atoms with van der Waals surface area (Å²) < 4.78 is 16.6. The highest BCUT2D eigenvalue weighted by atomic mass is 16.6. The van der Waals surface area contributed by atoms with E-state index in [1.807, 2.05) is 99.8 Å². The maximum absolute atomic E-state index is 11.6. The number of hydrogen-bond acceptors (Lipinski definition) is 7. The lowest BCUT2D eigenvalue weighted by atomic mass is 10.1. The van der Waals surface area contributed by atoms with Gasteiger partial charge in [-0.1, -0.05) is 36.4 Å². The van der Waals surface area contributed by atoms with E-state index in [9.17, 15) is 4.79 Å². The first-order valence-corrected chi connectivity index (χ1v) is 13.7. The topological polar surface area (TPSA) is 109 Å². The quantitative estimate of drug-likeness (QED) is 0.237. The Labute approximate surface area is 242 Å². The molecule has 3 N–H and O–H groups in total. The molecule has 0 atom stereocenters. The van der Waals surface area contributed by atoms with Gasteiger partial charge in [0.15, 0.2) is 0 Å². The second kappa shape index (κ2) is 16.6. The molecule has 0 aliphatic rings. The van der Waals surface area contributed by atoms with E-state index in [-0.39, 0.29) is 6.09 Å². The number of hydrogen-bond donors (Lipinski definition) is 2. The van der Waals surface area contributed by atoms with Crippen molar-refractivity contribution in [2.75, 3.05) is 13.1 Å². The number of rotatable bonds is 11. The van der Waals surface area contributed by atoms with Crippen LogP contribution in [0.15, 0.2) is 97.6 Å². The van der Waals surface area contributed by atoms with Gasteiger partial charge in [0.1, 0.15) is 30.3 Å². The molecule has 2 aromatic carbocycles. The Bertz CT molecular complexity index is 1280. The minimum Gasteiger partial charge on any atom is -0.489 e. The van der Waals surface area contributed by atoms with Crippen LogP contribution in [0.1, 0.15) is 43.0 Å². The molecule has 0 unspecified atom stereocenters. The van der Waals surface area contributed by atoms with Gasteiger partial charge in [0.25, 0.3) is 0 Å². The Morgan fingerprint density at radius 2 is 1.22 bits per heavy atom. The van der Waals surface area contributed by atoms with Crippen LogP contribution in [0.2, 0.25) is 0 Å². The molecule has 8 nitrogen and oxygen atoms in total. The van der Waals surface area contributed by atoms with Crippen LogP contribution >= 0.6 is 0 Å². The monoisotopic (exact) mass is 556 g/mol. The first kappa shape index (κ1) is 31.1. The molecule has 2 heterocycles. The van der Waals surface area contributed by atoms with Gasteiger partial charge in [-0.25, -0.2) is 4.79 Å². The molecule has 2 aromatic heterocycles. The van der Waals surface area contributed by atoms with Crippen LogP contribution < -0.4 is 20.5 Å². The lowest BCUT2D eigenvalue weighted by Crippen LogP contribution is -2.33. The number of amides is 1. The van der Waals surface area contributed by atoms with Gasteiger partial charge in [0.2, 0.25) is 0 Å². The van der Waals surface area contributed by atoms with E-state index in [2.05, 4.69) is 15.3 Å². The summed E-state index contributed by atoms with van der Waals surface area (Å²) in [5.74, 6) is 1.68. The molecule has 41 heavy (non-hydrogen) atoms. The van der Waals surface area contributed by atoms with Crippen molar-refractivity contribution in [2.24, 2.45) is 5.73 Å². The van der Waals surface area contributed by atoms with Crippen molar-refractivity contribution in [1.82, 2.24) is 15.3 Å². The van der Waals surface area contributed by atoms with Crippen molar-refractivity contribution in [2.45, 2.75) is 52.4 Å². The number of nitrogens with zero attached hydrogens (tertiary/aromatic N) is 2. The van der Waals surface area contributed by atoms with Gasteiger partial charge in [-0.2, -0.15) is 0 Å². The summed E-state index contributed by atoms with van der Waals surface area (Å²) in [6.07, 6.45) is 8.35. The van der Waals surface area contributed by atoms with E-state index >= 15 is 0 Å². The average molecular weight is 557 g/mol. The number of aromatic nitrogens is 2. The van der Waals surface area contributed by atoms with Crippen molar-refractivity contribution in [3.05, 3.63) is 120 Å². The molecule has 216 valence electrons. The van der Waals surface area contributed by atoms with Crippen molar-refractivity contribution >= 4 is 6.09 Å². The predicted molar refractivity (Wildman–Crippen MR) is 161 cm³/mol. The fraction of sp³-hybridized carbons (Fsp3) is 0.303. The average Bonchev–Trinajstić information content (AvgIpc) is 2.97. The Hall–Kier alpha value is -4.43. The van der Waals surface area contributed by atoms with Crippen LogP contribution in [0.5, 0.6) is 11.5 Å². The molecular formula is C33H40N4O4. The zero-order valence-corrected chi connectivity index (χ0v) is 24.1. The van der Waals surface area contributed by atoms with Crippen LogP contribution in [-0.2, 0) is 30.8 Å². The second-order valence-corrected chi connectivity index (χ2v) is 10.3. The van der Waals surface area contributed by atoms with Crippen molar-refractivity contribution in [3.8, 4) is 11.5 Å². The van der Waals surface area contributed by atoms with Gasteiger partial charge in [-0.05, 0) is 87.7 Å². The molecule has 0 aliphatic heterocycles. The third-order valence-corrected chi connectivity index (χ3v) is 5.62. The summed E-state index contributed by atoms with van der Waals surface area (Å²) in [5.41, 5.74) is 9.48. The molecule has 4 aromatic rings. The molecule has 0 bridgehead atoms. The fourth-order valence-electron chi connectivity index (χ4n) is 3.59. The van der Waals surface area contributed by atoms with Gasteiger partial charge in [0.05, 0.1) is 0 Å². The smallest absolute Gasteiger partial charge is 0.407 e. The molecule has 0 saturated carbocycles. The number of nitrogens with one attached hydrogen (secondary N) is 1. The van der Waals surface area contributed by atoms with Crippen LogP contribution in [0.3, 0.4) is 0 Å². The van der Waals surface area contributed by atoms with E-state index < -0.39 is 5.60 Å². The normalized spacial score (nSPS) is 10.6. The van der Waals surface area contributed by atoms with Gasteiger partial charge >= 0.3 is 6.09 Å². The highest BCUT2D eigenvalue weighted by molar-refractivity contribution is 5.67. The lowest BCUT2D eigenvalue weighted by molar-refractivity contribution is 0.0528. The summed E-state index contributed by atoms with van der Waals surface area (Å²) in [5, 5.41) is 2.75. The number of alkyl carbamates (subject to hydrolysis) is 1. The molecule has 0 radical (unpaired) electrons. The van der Waals surface area contributed by atoms with Crippen LogP contribution in [0.4, 0.5) is 4.79 Å². The van der Waals surface area contributed by atoms with E-state index in [1.54, 1.807) is 18.6 Å². The summed E-state index contributed by atoms with van der Waals surface area (Å²) in [6, 6.07) is 23.7. The van der Waals surface area contributed by atoms with Gasteiger partial charge in [-0.15, -0.1) is 0 Å². The SMILES string of the molecule is CC(C)(C)OC(=O)NCCc1ccc(OCc2cccnc2)cc1.NCCc1ccc(OCc2cccnc2)cc1. The summed E-state index contributed by atoms with van der Waals surface area (Å²) >= 11 is 0. The Morgan fingerprint density at radius 3 is 1.63 bits per heavy atom. The number of carbonyl (C=O) groups is 1. The highest BCUT2D eigenvalue weighted by Crippen LogP contribution is 2.15. The molecular weight excluding hydrogens is 516 g/mol. The molecule has 1 amide bonds. The van der Waals surface area contributed by atoms with Gasteiger partial charge in [0, 0.05) is 42.5 Å². The fourth-order valence-corrected chi connectivity index (χ4v) is 3.59. The van der Waals surface area contributed by atoms with Gasteiger partial charge in [-0.3, -0.25) is 9.97 Å². The third-order valence-electron chi connectivity index (χ3n) is 5.62. The predicted octanol–water partition coefficient (Wildman–Crippen LogP) is 5.89. The van der Waals surface area contributed by atoms with Crippen molar-refractivity contribution < 1.29 is 19.0 Å². The minimum absolute atomic E-state index is 0.390. The summed E-state index contributed by atoms with van der Waals surface area (Å²) in [7, 11) is 0. The summed E-state index contributed by atoms with van der Waals surface area (Å²) in [6.45, 7) is 7.78. The van der Waals surface area contributed by atoms with Crippen LogP contribution in [-0.4, -0.2) is 34.8 Å². The van der Waals surface area contributed by atoms with Gasteiger partial charge < -0.3 is 25.3 Å². The zero-order valence-electron chi connectivity index (χ0n) is 24.1. The van der Waals surface area contributed by atoms with E-state index in [0.717, 1.165) is 41.0 Å². The summed E-state index contributed by atoms with van der Waals surface area (Å²) in [4.78, 5) is 19.7. The Balaban J connectivity index is 0.000000239. The Morgan fingerprint density at radius 1 is 0.732 bits per heavy atom. The molecule has 4 rings (SSSR count). The molecule has 8 heteroatoms. The molecule has 0 aliphatic carbocycles. The van der Waals surface area contributed by atoms with Crippen LogP contribution in [0.25, 0.3) is 0 Å². The standard InChI is InChI=1S/C19H24N2O3.C14H16N2O/c1-19(2,3)24-18(22)21-12-10-15-6-8-17(9-7-15)23-14-16-5-4-11-20-13-16;15-8-7-12-3-5-14(6-4-12)17-11-13-2-1-9-16-10-13/h4-9,11,13H,10,12,14H2,1-3H3,(H,21,22);1-6,9-10H,7-8,11,15H2. The zero-order chi connectivity index (χ0) is 29.3. The molecule has 0 spiro atoms. The second-order valence-electron chi connectivity index (χ2n) is 10.3. The first-order chi connectivity index (χ1) is 19.8. The number of benzene rings is 2. The molecule has 0 fully saturated rings. The maximum atomic E-state index is 11.6.